The van der Waals surface area contributed by atoms with Crippen molar-refractivity contribution < 1.29 is 30.0 Å². The van der Waals surface area contributed by atoms with E-state index in [9.17, 15) is 4.79 Å². The molecule has 0 unspecified atom stereocenters. The molecule has 3 aromatic rings. The fraction of sp³-hybridized carbons (Fsp3) is 0.379. The predicted molar refractivity (Wildman–Crippen MR) is 135 cm³/mol. The van der Waals surface area contributed by atoms with E-state index in [4.69, 9.17) is 10.1 Å². The van der Waals surface area contributed by atoms with Crippen molar-refractivity contribution in [2.45, 2.75) is 73.1 Å². The van der Waals surface area contributed by atoms with Crippen molar-refractivity contribution in [2.75, 3.05) is 0 Å². The van der Waals surface area contributed by atoms with Crippen molar-refractivity contribution in [3.05, 3.63) is 77.2 Å². The van der Waals surface area contributed by atoms with Gasteiger partial charge in [0.2, 0.25) is 0 Å². The number of pyridine rings is 1. The fourth-order valence-corrected chi connectivity index (χ4v) is 3.93. The summed E-state index contributed by atoms with van der Waals surface area (Å²) in [6, 6.07) is 17.0. The van der Waals surface area contributed by atoms with Crippen LogP contribution in [-0.2, 0) is 24.9 Å². The monoisotopic (exact) mass is 623 g/mol. The third kappa shape index (κ3) is 8.21. The van der Waals surface area contributed by atoms with Gasteiger partial charge in [-0.25, -0.2) is 0 Å². The van der Waals surface area contributed by atoms with E-state index < -0.39 is 0 Å². The maximum atomic E-state index is 10.0. The number of hydrogen-bond acceptors (Lipinski definition) is 3. The Morgan fingerprint density at radius 1 is 1.06 bits per heavy atom. The van der Waals surface area contributed by atoms with Crippen molar-refractivity contribution in [1.29, 1.82) is 0 Å². The molecule has 0 saturated heterocycles. The third-order valence-corrected chi connectivity index (χ3v) is 5.61. The average molecular weight is 623 g/mol. The molecule has 3 nitrogen and oxygen atoms in total. The van der Waals surface area contributed by atoms with E-state index >= 15 is 0 Å². The summed E-state index contributed by atoms with van der Waals surface area (Å²) in [5, 5.41) is 10.8. The van der Waals surface area contributed by atoms with Crippen molar-refractivity contribution in [2.24, 2.45) is 0 Å². The molecule has 2 aromatic carbocycles. The third-order valence-electron chi connectivity index (χ3n) is 5.61. The Kier molecular flexibility index (Phi) is 11.7. The van der Waals surface area contributed by atoms with Crippen LogP contribution in [0.2, 0.25) is 0 Å². The summed E-state index contributed by atoms with van der Waals surface area (Å²) >= 11 is 0. The number of aliphatic hydroxyl groups is 1. The van der Waals surface area contributed by atoms with Crippen LogP contribution in [0, 0.1) is 13.0 Å². The number of aromatic nitrogens is 1. The summed E-state index contributed by atoms with van der Waals surface area (Å²) < 4.78 is 0. The topological polar surface area (TPSA) is 50.2 Å². The molecular weight excluding hydrogens is 587 g/mol. The minimum Gasteiger partial charge on any atom is -0.512 e. The van der Waals surface area contributed by atoms with E-state index in [0.29, 0.717) is 11.8 Å². The van der Waals surface area contributed by atoms with Crippen LogP contribution in [0.5, 0.6) is 0 Å². The van der Waals surface area contributed by atoms with Crippen LogP contribution in [0.25, 0.3) is 22.0 Å². The van der Waals surface area contributed by atoms with Gasteiger partial charge in [0.1, 0.15) is 0 Å². The molecule has 0 atom stereocenters. The number of aliphatic hydroxyl groups excluding tert-OH is 1. The quantitative estimate of drug-likeness (QED) is 0.172. The molecule has 4 heteroatoms. The smallest absolute Gasteiger partial charge is 0.155 e. The van der Waals surface area contributed by atoms with E-state index in [-0.39, 0.29) is 31.6 Å². The molecule has 1 N–H and O–H groups in total. The molecule has 33 heavy (non-hydrogen) atoms. The normalized spacial score (nSPS) is 11.2. The van der Waals surface area contributed by atoms with E-state index in [1.54, 1.807) is 0 Å². The van der Waals surface area contributed by atoms with Gasteiger partial charge in [0.25, 0.3) is 0 Å². The Bertz CT molecular complexity index is 1090. The van der Waals surface area contributed by atoms with Crippen molar-refractivity contribution in [3.8, 4) is 11.3 Å². The number of allylic oxidation sites excluding steroid dienone is 2. The first-order valence-electron chi connectivity index (χ1n) is 11.5. The van der Waals surface area contributed by atoms with Gasteiger partial charge in [0, 0.05) is 32.4 Å². The molecule has 0 aliphatic carbocycles. The predicted octanol–water partition coefficient (Wildman–Crippen LogP) is 8.07. The molecule has 1 aromatic heterocycles. The number of hydrogen-bond donors (Lipinski definition) is 1. The number of fused-ring (bicyclic) bond motifs is 1. The van der Waals surface area contributed by atoms with Crippen LogP contribution in [-0.4, -0.2) is 15.9 Å². The Morgan fingerprint density at radius 2 is 1.73 bits per heavy atom. The first-order chi connectivity index (χ1) is 15.2. The average Bonchev–Trinajstić information content (AvgIpc) is 2.73. The molecule has 0 saturated carbocycles. The maximum Gasteiger partial charge on any atom is 0.155 e. The molecule has 0 bridgehead atoms. The zero-order valence-corrected chi connectivity index (χ0v) is 23.2. The minimum absolute atomic E-state index is 0. The molecule has 0 fully saturated rings. The van der Waals surface area contributed by atoms with Gasteiger partial charge in [0.05, 0.1) is 5.76 Å². The second-order valence-electron chi connectivity index (χ2n) is 8.71. The zero-order valence-electron chi connectivity index (χ0n) is 20.8. The molecule has 1 radical (unpaired) electrons. The maximum absolute atomic E-state index is 10.0. The number of ketones is 1. The summed E-state index contributed by atoms with van der Waals surface area (Å²) in [6.45, 7) is 14.0. The molecule has 0 amide bonds. The number of rotatable bonds is 6. The van der Waals surface area contributed by atoms with E-state index in [0.717, 1.165) is 11.3 Å². The Balaban J connectivity index is 0.000000595. The number of carbonyl (C=O) groups is 1. The van der Waals surface area contributed by atoms with Crippen molar-refractivity contribution >= 4 is 16.6 Å². The molecule has 0 spiro atoms. The first-order valence-corrected chi connectivity index (χ1v) is 11.5. The standard InChI is InChI=1S/C24H28N.C5H8O2.Ir/c1-6-18(7-2)21-12-17(5)13-22(15-21)24-23-9-8-19(16(3)4)14-20(23)10-11-25-24;1-4(6)3-5(2)7;/h8-12,14-16,18H,6-7H2,1-5H3;3,6H,1-2H3;/q-1;;/b;4-3-;. The SMILES string of the molecule is CC(=O)/C=C(/C)O.CCC(CC)c1cc(C)[c-]c(-c2nccc3cc(C(C)C)ccc23)c1.[Ir]. The van der Waals surface area contributed by atoms with Crippen LogP contribution in [0.15, 0.2) is 54.4 Å². The summed E-state index contributed by atoms with van der Waals surface area (Å²) in [5.74, 6) is 1.08. The van der Waals surface area contributed by atoms with Gasteiger partial charge < -0.3 is 10.1 Å². The minimum atomic E-state index is -0.125. The van der Waals surface area contributed by atoms with Gasteiger partial charge in [-0.15, -0.1) is 34.9 Å². The summed E-state index contributed by atoms with van der Waals surface area (Å²) in [6.07, 6.45) is 5.43. The van der Waals surface area contributed by atoms with Crippen LogP contribution in [0.3, 0.4) is 0 Å². The van der Waals surface area contributed by atoms with Crippen LogP contribution in [0.4, 0.5) is 0 Å². The van der Waals surface area contributed by atoms with Crippen molar-refractivity contribution in [1.82, 2.24) is 4.98 Å². The Hall–Kier alpha value is -2.29. The number of benzene rings is 2. The van der Waals surface area contributed by atoms with Gasteiger partial charge in [-0.05, 0) is 53.8 Å². The molecule has 3 rings (SSSR count). The molecule has 0 aliphatic heterocycles. The number of nitrogens with zero attached hydrogens (tertiary/aromatic N) is 1. The molecular formula is C29H36IrNO2-. The van der Waals surface area contributed by atoms with E-state index in [1.807, 2.05) is 6.20 Å². The summed E-state index contributed by atoms with van der Waals surface area (Å²) in [5.41, 5.74) is 6.13. The van der Waals surface area contributed by atoms with Crippen LogP contribution < -0.4 is 0 Å². The Labute approximate surface area is 212 Å². The van der Waals surface area contributed by atoms with Crippen molar-refractivity contribution in [3.63, 3.8) is 0 Å². The molecule has 1 heterocycles. The molecule has 0 aliphatic rings. The van der Waals surface area contributed by atoms with Gasteiger partial charge in [-0.2, -0.15) is 0 Å². The fourth-order valence-electron chi connectivity index (χ4n) is 3.93. The van der Waals surface area contributed by atoms with Gasteiger partial charge in [-0.1, -0.05) is 65.7 Å². The van der Waals surface area contributed by atoms with Crippen LogP contribution in [0.1, 0.15) is 82.9 Å². The first kappa shape index (κ1) is 28.7. The zero-order chi connectivity index (χ0) is 23.8. The number of carbonyl (C=O) groups excluding carboxylic acids is 1. The Morgan fingerprint density at radius 3 is 2.24 bits per heavy atom. The summed E-state index contributed by atoms with van der Waals surface area (Å²) in [7, 11) is 0. The van der Waals surface area contributed by atoms with Gasteiger partial charge in [-0.3, -0.25) is 4.79 Å². The van der Waals surface area contributed by atoms with Gasteiger partial charge in [0.15, 0.2) is 5.78 Å². The second kappa shape index (κ2) is 13.4. The largest absolute Gasteiger partial charge is 0.512 e. The van der Waals surface area contributed by atoms with Crippen LogP contribution >= 0.6 is 0 Å². The number of aryl methyl sites for hydroxylation is 1. The summed E-state index contributed by atoms with van der Waals surface area (Å²) in [4.78, 5) is 14.7. The van der Waals surface area contributed by atoms with Gasteiger partial charge >= 0.3 is 0 Å². The second-order valence-corrected chi connectivity index (χ2v) is 8.71. The molecule has 179 valence electrons. The van der Waals surface area contributed by atoms with E-state index in [2.05, 4.69) is 77.1 Å². The van der Waals surface area contributed by atoms with E-state index in [1.165, 1.54) is 60.2 Å².